The number of fused-ring (bicyclic) bond motifs is 1. The molecule has 2 aliphatic heterocycles. The molecule has 1 N–H and O–H groups in total. The van der Waals surface area contributed by atoms with Crippen molar-refractivity contribution in [2.75, 3.05) is 26.2 Å². The number of nitrogens with zero attached hydrogens (tertiary/aromatic N) is 1. The van der Waals surface area contributed by atoms with Gasteiger partial charge in [0.05, 0.1) is 0 Å². The van der Waals surface area contributed by atoms with Crippen LogP contribution in [0.2, 0.25) is 0 Å². The van der Waals surface area contributed by atoms with Gasteiger partial charge in [0.1, 0.15) is 5.76 Å². The summed E-state index contributed by atoms with van der Waals surface area (Å²) in [5.74, 6) is 2.71. The zero-order chi connectivity index (χ0) is 11.8. The van der Waals surface area contributed by atoms with E-state index >= 15 is 0 Å². The number of carbonyl (C=O) groups is 1. The van der Waals surface area contributed by atoms with Gasteiger partial charge in [-0.25, -0.2) is 0 Å². The highest BCUT2D eigenvalue weighted by molar-refractivity contribution is 5.91. The number of hydrogen-bond donors (Lipinski definition) is 1. The van der Waals surface area contributed by atoms with Crippen LogP contribution in [0.1, 0.15) is 23.2 Å². The van der Waals surface area contributed by atoms with E-state index in [1.807, 2.05) is 17.9 Å². The van der Waals surface area contributed by atoms with E-state index in [4.69, 9.17) is 4.42 Å². The number of rotatable bonds is 2. The van der Waals surface area contributed by atoms with E-state index in [-0.39, 0.29) is 5.91 Å². The average molecular weight is 234 g/mol. The highest BCUT2D eigenvalue weighted by atomic mass is 16.4. The van der Waals surface area contributed by atoms with Gasteiger partial charge < -0.3 is 14.6 Å². The Balaban J connectivity index is 1.70. The molecule has 0 aliphatic carbocycles. The van der Waals surface area contributed by atoms with E-state index in [1.165, 1.54) is 0 Å². The highest BCUT2D eigenvalue weighted by Gasteiger charge is 2.38. The van der Waals surface area contributed by atoms with E-state index in [0.717, 1.165) is 38.4 Å². The predicted molar refractivity (Wildman–Crippen MR) is 63.8 cm³/mol. The number of carbonyl (C=O) groups excluding carboxylic acids is 1. The van der Waals surface area contributed by atoms with Crippen molar-refractivity contribution in [3.05, 3.63) is 23.7 Å². The summed E-state index contributed by atoms with van der Waals surface area (Å²) in [6.07, 6.45) is 0.836. The topological polar surface area (TPSA) is 45.5 Å². The van der Waals surface area contributed by atoms with Crippen LogP contribution >= 0.6 is 0 Å². The first-order chi connectivity index (χ1) is 8.28. The molecule has 17 heavy (non-hydrogen) atoms. The predicted octanol–water partition coefficient (Wildman–Crippen LogP) is 1.13. The van der Waals surface area contributed by atoms with Crippen molar-refractivity contribution >= 4 is 5.91 Å². The zero-order valence-electron chi connectivity index (χ0n) is 10.1. The molecule has 2 fully saturated rings. The van der Waals surface area contributed by atoms with Crippen LogP contribution in [0.25, 0.3) is 0 Å². The van der Waals surface area contributed by atoms with Crippen molar-refractivity contribution in [2.45, 2.75) is 13.3 Å². The van der Waals surface area contributed by atoms with Crippen LogP contribution in [0.4, 0.5) is 0 Å². The first-order valence-electron chi connectivity index (χ1n) is 6.36. The Morgan fingerprint density at radius 3 is 2.71 bits per heavy atom. The number of nitrogens with one attached hydrogen (secondary N) is 1. The van der Waals surface area contributed by atoms with Crippen LogP contribution in [0, 0.1) is 11.8 Å². The van der Waals surface area contributed by atoms with Crippen LogP contribution < -0.4 is 5.32 Å². The molecule has 0 spiro atoms. The summed E-state index contributed by atoms with van der Waals surface area (Å²) >= 11 is 0. The van der Waals surface area contributed by atoms with Gasteiger partial charge >= 0.3 is 0 Å². The molecule has 1 amide bonds. The Morgan fingerprint density at radius 2 is 2.12 bits per heavy atom. The maximum atomic E-state index is 12.2. The lowest BCUT2D eigenvalue weighted by Crippen LogP contribution is -2.31. The van der Waals surface area contributed by atoms with Crippen LogP contribution in [0.5, 0.6) is 0 Å². The van der Waals surface area contributed by atoms with Crippen molar-refractivity contribution in [3.8, 4) is 0 Å². The minimum absolute atomic E-state index is 0.0547. The Hall–Kier alpha value is -1.29. The van der Waals surface area contributed by atoms with Crippen LogP contribution in [0.15, 0.2) is 16.5 Å². The van der Waals surface area contributed by atoms with Gasteiger partial charge in [-0.15, -0.1) is 0 Å². The zero-order valence-corrected chi connectivity index (χ0v) is 10.1. The number of furan rings is 1. The summed E-state index contributed by atoms with van der Waals surface area (Å²) in [4.78, 5) is 14.2. The molecule has 0 bridgehead atoms. The molecule has 3 rings (SSSR count). The van der Waals surface area contributed by atoms with Gasteiger partial charge in [-0.3, -0.25) is 4.79 Å². The minimum Gasteiger partial charge on any atom is -0.456 e. The largest absolute Gasteiger partial charge is 0.456 e. The minimum atomic E-state index is 0.0547. The number of aryl methyl sites for hydroxylation is 1. The normalized spacial score (nSPS) is 27.5. The molecule has 1 aromatic rings. The first-order valence-corrected chi connectivity index (χ1v) is 6.36. The Morgan fingerprint density at radius 1 is 1.41 bits per heavy atom. The fraction of sp³-hybridized carbons (Fsp3) is 0.615. The van der Waals surface area contributed by atoms with Gasteiger partial charge in [-0.05, 0) is 24.0 Å². The number of likely N-dealkylation sites (tertiary alicyclic amines) is 1. The lowest BCUT2D eigenvalue weighted by atomic mass is 10.0. The van der Waals surface area contributed by atoms with Crippen molar-refractivity contribution in [1.29, 1.82) is 0 Å². The smallest absolute Gasteiger partial charge is 0.289 e. The van der Waals surface area contributed by atoms with Crippen molar-refractivity contribution < 1.29 is 9.21 Å². The number of amides is 1. The second kappa shape index (κ2) is 4.18. The van der Waals surface area contributed by atoms with E-state index in [9.17, 15) is 4.79 Å². The average Bonchev–Trinajstić information content (AvgIpc) is 3.02. The summed E-state index contributed by atoms with van der Waals surface area (Å²) in [6.45, 7) is 5.87. The van der Waals surface area contributed by atoms with Crippen LogP contribution in [-0.4, -0.2) is 37.0 Å². The third-order valence-electron chi connectivity index (χ3n) is 3.90. The molecule has 4 heteroatoms. The molecule has 0 radical (unpaired) electrons. The maximum Gasteiger partial charge on any atom is 0.289 e. The second-order valence-electron chi connectivity index (χ2n) is 5.01. The molecule has 2 saturated heterocycles. The molecule has 2 atom stereocenters. The standard InChI is InChI=1S/C13H18N2O2/c1-2-11-3-4-12(17-11)13(16)15-7-9-5-14-6-10(9)8-15/h3-4,9-10,14H,2,5-8H2,1H3/t9-,10+. The third kappa shape index (κ3) is 1.86. The van der Waals surface area contributed by atoms with Crippen molar-refractivity contribution in [3.63, 3.8) is 0 Å². The Kier molecular flexibility index (Phi) is 2.67. The summed E-state index contributed by atoms with van der Waals surface area (Å²) in [7, 11) is 0. The summed E-state index contributed by atoms with van der Waals surface area (Å²) in [6, 6.07) is 3.69. The Labute approximate surface area is 101 Å². The van der Waals surface area contributed by atoms with E-state index < -0.39 is 0 Å². The molecular weight excluding hydrogens is 216 g/mol. The lowest BCUT2D eigenvalue weighted by Gasteiger charge is -2.15. The SMILES string of the molecule is CCc1ccc(C(=O)N2C[C@H]3CNC[C@H]3C2)o1. The molecule has 2 aliphatic rings. The molecule has 4 nitrogen and oxygen atoms in total. The Bertz CT molecular complexity index is 415. The highest BCUT2D eigenvalue weighted by Crippen LogP contribution is 2.27. The number of hydrogen-bond acceptors (Lipinski definition) is 3. The van der Waals surface area contributed by atoms with Gasteiger partial charge in [-0.2, -0.15) is 0 Å². The maximum absolute atomic E-state index is 12.2. The van der Waals surface area contributed by atoms with E-state index in [0.29, 0.717) is 17.6 Å². The molecule has 0 aromatic carbocycles. The molecule has 0 saturated carbocycles. The summed E-state index contributed by atoms with van der Waals surface area (Å²) in [5, 5.41) is 3.38. The summed E-state index contributed by atoms with van der Waals surface area (Å²) in [5.41, 5.74) is 0. The van der Waals surface area contributed by atoms with E-state index in [2.05, 4.69) is 5.32 Å². The summed E-state index contributed by atoms with van der Waals surface area (Å²) < 4.78 is 5.52. The molecule has 0 unspecified atom stereocenters. The quantitative estimate of drug-likeness (QED) is 0.834. The van der Waals surface area contributed by atoms with Crippen molar-refractivity contribution in [2.24, 2.45) is 11.8 Å². The van der Waals surface area contributed by atoms with E-state index in [1.54, 1.807) is 6.07 Å². The molecule has 1 aromatic heterocycles. The third-order valence-corrected chi connectivity index (χ3v) is 3.90. The van der Waals surface area contributed by atoms with Crippen molar-refractivity contribution in [1.82, 2.24) is 10.2 Å². The fourth-order valence-corrected chi connectivity index (χ4v) is 2.86. The molecule has 92 valence electrons. The second-order valence-corrected chi connectivity index (χ2v) is 5.01. The fourth-order valence-electron chi connectivity index (χ4n) is 2.86. The monoisotopic (exact) mass is 234 g/mol. The van der Waals surface area contributed by atoms with Crippen LogP contribution in [0.3, 0.4) is 0 Å². The van der Waals surface area contributed by atoms with Gasteiger partial charge in [0.2, 0.25) is 0 Å². The van der Waals surface area contributed by atoms with Gasteiger partial charge in [0.25, 0.3) is 5.91 Å². The molecular formula is C13H18N2O2. The van der Waals surface area contributed by atoms with Crippen LogP contribution in [-0.2, 0) is 6.42 Å². The lowest BCUT2D eigenvalue weighted by molar-refractivity contribution is 0.0748. The van der Waals surface area contributed by atoms with Gasteiger partial charge in [0.15, 0.2) is 5.76 Å². The van der Waals surface area contributed by atoms with Gasteiger partial charge in [0, 0.05) is 32.6 Å². The van der Waals surface area contributed by atoms with Gasteiger partial charge in [-0.1, -0.05) is 6.92 Å². The molecule has 3 heterocycles. The first kappa shape index (κ1) is 10.8.